The molecule has 5 nitrogen and oxygen atoms in total. The van der Waals surface area contributed by atoms with E-state index in [2.05, 4.69) is 34.5 Å². The number of nitrogens with two attached hydrogens (primary N) is 1. The van der Waals surface area contributed by atoms with Gasteiger partial charge >= 0.3 is 0 Å². The highest BCUT2D eigenvalue weighted by Crippen LogP contribution is 2.04. The van der Waals surface area contributed by atoms with Gasteiger partial charge in [-0.25, -0.2) is 5.84 Å². The van der Waals surface area contributed by atoms with E-state index >= 15 is 0 Å². The van der Waals surface area contributed by atoms with Crippen molar-refractivity contribution < 1.29 is 0 Å². The van der Waals surface area contributed by atoms with Crippen molar-refractivity contribution in [1.29, 1.82) is 0 Å². The van der Waals surface area contributed by atoms with Crippen LogP contribution in [-0.2, 0) is 0 Å². The third-order valence-electron chi connectivity index (χ3n) is 2.97. The number of hydrazine groups is 1. The van der Waals surface area contributed by atoms with Crippen LogP contribution < -0.4 is 16.6 Å². The maximum absolute atomic E-state index is 5.46. The highest BCUT2D eigenvalue weighted by atomic mass is 15.3. The second-order valence-corrected chi connectivity index (χ2v) is 4.25. The Kier molecular flexibility index (Phi) is 7.62. The third kappa shape index (κ3) is 6.22. The summed E-state index contributed by atoms with van der Waals surface area (Å²) < 4.78 is 0. The van der Waals surface area contributed by atoms with Crippen molar-refractivity contribution in [3.63, 3.8) is 0 Å². The minimum absolute atomic E-state index is 0.603. The van der Waals surface area contributed by atoms with Crippen LogP contribution in [0, 0.1) is 0 Å². The van der Waals surface area contributed by atoms with Gasteiger partial charge in [0.1, 0.15) is 0 Å². The molecular formula is C14H25N5. The van der Waals surface area contributed by atoms with E-state index in [9.17, 15) is 0 Å². The minimum atomic E-state index is 0.603. The molecule has 1 aromatic carbocycles. The maximum Gasteiger partial charge on any atom is 0.210 e. The molecule has 0 atom stereocenters. The molecule has 0 spiro atoms. The van der Waals surface area contributed by atoms with Crippen molar-refractivity contribution in [3.8, 4) is 0 Å². The molecule has 0 heterocycles. The largest absolute Gasteiger partial charge is 0.325 e. The maximum atomic E-state index is 5.46. The van der Waals surface area contributed by atoms with E-state index in [1.807, 2.05) is 30.3 Å². The number of para-hydroxylation sites is 1. The summed E-state index contributed by atoms with van der Waals surface area (Å²) in [6.07, 6.45) is 1.03. The molecule has 0 saturated heterocycles. The Morgan fingerprint density at radius 1 is 1.21 bits per heavy atom. The molecule has 0 amide bonds. The zero-order valence-corrected chi connectivity index (χ0v) is 11.9. The van der Waals surface area contributed by atoms with Crippen molar-refractivity contribution in [2.75, 3.05) is 31.5 Å². The van der Waals surface area contributed by atoms with E-state index in [4.69, 9.17) is 5.84 Å². The normalized spacial score (nSPS) is 11.7. The van der Waals surface area contributed by atoms with Gasteiger partial charge < -0.3 is 10.2 Å². The van der Waals surface area contributed by atoms with Crippen molar-refractivity contribution in [1.82, 2.24) is 10.3 Å². The van der Waals surface area contributed by atoms with Crippen LogP contribution >= 0.6 is 0 Å². The summed E-state index contributed by atoms with van der Waals surface area (Å²) in [5, 5.41) is 3.15. The number of aliphatic imine (C=N–C) groups is 1. The molecule has 0 radical (unpaired) electrons. The van der Waals surface area contributed by atoms with Crippen LogP contribution in [0.15, 0.2) is 35.3 Å². The first-order valence-corrected chi connectivity index (χ1v) is 6.85. The summed E-state index contributed by atoms with van der Waals surface area (Å²) in [5.74, 6) is 6.06. The molecule has 0 aromatic heterocycles. The number of guanidine groups is 1. The Labute approximate surface area is 115 Å². The van der Waals surface area contributed by atoms with E-state index < -0.39 is 0 Å². The second-order valence-electron chi connectivity index (χ2n) is 4.25. The van der Waals surface area contributed by atoms with E-state index in [1.165, 1.54) is 0 Å². The Morgan fingerprint density at radius 2 is 1.89 bits per heavy atom. The number of benzene rings is 1. The average Bonchev–Trinajstić information content (AvgIpc) is 2.47. The predicted molar refractivity (Wildman–Crippen MR) is 82.1 cm³/mol. The Morgan fingerprint density at radius 3 is 2.47 bits per heavy atom. The van der Waals surface area contributed by atoms with E-state index in [0.717, 1.165) is 38.3 Å². The first-order chi connectivity index (χ1) is 9.30. The van der Waals surface area contributed by atoms with Gasteiger partial charge in [-0.05, 0) is 38.2 Å². The number of hydrogen-bond acceptors (Lipinski definition) is 3. The number of nitrogens with zero attached hydrogens (tertiary/aromatic N) is 2. The molecule has 0 bridgehead atoms. The summed E-state index contributed by atoms with van der Waals surface area (Å²) in [7, 11) is 0. The van der Waals surface area contributed by atoms with Gasteiger partial charge in [0.15, 0.2) is 0 Å². The summed E-state index contributed by atoms with van der Waals surface area (Å²) >= 11 is 0. The molecule has 5 heteroatoms. The molecule has 0 saturated carbocycles. The fourth-order valence-electron chi connectivity index (χ4n) is 1.80. The summed E-state index contributed by atoms with van der Waals surface area (Å²) in [6, 6.07) is 9.86. The Balaban J connectivity index is 2.36. The lowest BCUT2D eigenvalue weighted by Gasteiger charge is -2.17. The highest BCUT2D eigenvalue weighted by Gasteiger charge is 1.99. The SMILES string of the molecule is CCN(CC)CCCN=C(NN)Nc1ccccc1. The standard InChI is InChI=1S/C14H25N5/c1-3-19(4-2)12-8-11-16-14(18-15)17-13-9-6-5-7-10-13/h5-7,9-10H,3-4,8,11-12,15H2,1-2H3,(H2,16,17,18). The van der Waals surface area contributed by atoms with Gasteiger partial charge in [0, 0.05) is 12.2 Å². The van der Waals surface area contributed by atoms with Gasteiger partial charge in [-0.3, -0.25) is 10.4 Å². The predicted octanol–water partition coefficient (Wildman–Crippen LogP) is 1.65. The van der Waals surface area contributed by atoms with Gasteiger partial charge in [0.25, 0.3) is 0 Å². The smallest absolute Gasteiger partial charge is 0.210 e. The second kappa shape index (κ2) is 9.35. The molecule has 0 aliphatic carbocycles. The number of rotatable bonds is 7. The fraction of sp³-hybridized carbons (Fsp3) is 0.500. The van der Waals surface area contributed by atoms with Crippen molar-refractivity contribution in [2.24, 2.45) is 10.8 Å². The number of anilines is 1. The quantitative estimate of drug-likeness (QED) is 0.230. The van der Waals surface area contributed by atoms with E-state index in [-0.39, 0.29) is 0 Å². The van der Waals surface area contributed by atoms with Crippen LogP contribution in [0.1, 0.15) is 20.3 Å². The molecule has 4 N–H and O–H groups in total. The monoisotopic (exact) mass is 263 g/mol. The van der Waals surface area contributed by atoms with Gasteiger partial charge in [-0.1, -0.05) is 32.0 Å². The number of nitrogens with one attached hydrogen (secondary N) is 2. The lowest BCUT2D eigenvalue weighted by Crippen LogP contribution is -2.36. The first-order valence-electron chi connectivity index (χ1n) is 6.85. The molecule has 0 unspecified atom stereocenters. The summed E-state index contributed by atoms with van der Waals surface area (Å²) in [6.45, 7) is 8.36. The van der Waals surface area contributed by atoms with Crippen molar-refractivity contribution in [3.05, 3.63) is 30.3 Å². The van der Waals surface area contributed by atoms with Crippen LogP contribution in [0.25, 0.3) is 0 Å². The molecule has 0 fully saturated rings. The molecule has 0 aliphatic rings. The van der Waals surface area contributed by atoms with Gasteiger partial charge in [0.2, 0.25) is 5.96 Å². The third-order valence-corrected chi connectivity index (χ3v) is 2.97. The Hall–Kier alpha value is -1.59. The van der Waals surface area contributed by atoms with Gasteiger partial charge in [0.05, 0.1) is 0 Å². The van der Waals surface area contributed by atoms with Crippen molar-refractivity contribution in [2.45, 2.75) is 20.3 Å². The lowest BCUT2D eigenvalue weighted by molar-refractivity contribution is 0.302. The van der Waals surface area contributed by atoms with E-state index in [0.29, 0.717) is 5.96 Å². The van der Waals surface area contributed by atoms with E-state index in [1.54, 1.807) is 0 Å². The average molecular weight is 263 g/mol. The van der Waals surface area contributed by atoms with Crippen molar-refractivity contribution >= 4 is 11.6 Å². The Bertz CT molecular complexity index is 359. The van der Waals surface area contributed by atoms with Crippen LogP contribution in [0.2, 0.25) is 0 Å². The van der Waals surface area contributed by atoms with Crippen LogP contribution in [0.5, 0.6) is 0 Å². The lowest BCUT2D eigenvalue weighted by atomic mass is 10.3. The molecule has 0 aliphatic heterocycles. The molecular weight excluding hydrogens is 238 g/mol. The molecule has 1 aromatic rings. The van der Waals surface area contributed by atoms with Gasteiger partial charge in [-0.2, -0.15) is 0 Å². The zero-order valence-electron chi connectivity index (χ0n) is 11.9. The number of hydrogen-bond donors (Lipinski definition) is 3. The zero-order chi connectivity index (χ0) is 13.9. The topological polar surface area (TPSA) is 65.7 Å². The highest BCUT2D eigenvalue weighted by molar-refractivity contribution is 5.93. The van der Waals surface area contributed by atoms with Gasteiger partial charge in [-0.15, -0.1) is 0 Å². The molecule has 106 valence electrons. The molecule has 19 heavy (non-hydrogen) atoms. The first kappa shape index (κ1) is 15.5. The summed E-state index contributed by atoms with van der Waals surface area (Å²) in [5.41, 5.74) is 3.57. The summed E-state index contributed by atoms with van der Waals surface area (Å²) in [4.78, 5) is 6.81. The van der Waals surface area contributed by atoms with Crippen LogP contribution in [0.4, 0.5) is 5.69 Å². The minimum Gasteiger partial charge on any atom is -0.325 e. The fourth-order valence-corrected chi connectivity index (χ4v) is 1.80. The van der Waals surface area contributed by atoms with Crippen LogP contribution in [0.3, 0.4) is 0 Å². The molecule has 1 rings (SSSR count). The van der Waals surface area contributed by atoms with Crippen LogP contribution in [-0.4, -0.2) is 37.0 Å².